The molecule has 2 aromatic carbocycles. The molecule has 9 nitrogen and oxygen atoms in total. The summed E-state index contributed by atoms with van der Waals surface area (Å²) in [6.45, 7) is 1.65. The predicted octanol–water partition coefficient (Wildman–Crippen LogP) is 1.17. The number of aliphatic hydroxyl groups excluding tert-OH is 1. The molecule has 0 aliphatic heterocycles. The number of nitrogens with one attached hydrogen (secondary N) is 2. The van der Waals surface area contributed by atoms with Crippen molar-refractivity contribution in [3.05, 3.63) is 65.2 Å². The van der Waals surface area contributed by atoms with Gasteiger partial charge < -0.3 is 20.4 Å². The lowest BCUT2D eigenvalue weighted by Crippen LogP contribution is -2.52. The van der Waals surface area contributed by atoms with E-state index in [1.54, 1.807) is 19.1 Å². The lowest BCUT2D eigenvalue weighted by atomic mass is 10.0. The van der Waals surface area contributed by atoms with Crippen LogP contribution in [0.3, 0.4) is 0 Å². The van der Waals surface area contributed by atoms with E-state index in [1.807, 2.05) is 24.3 Å². The van der Waals surface area contributed by atoms with E-state index in [-0.39, 0.29) is 18.7 Å². The fourth-order valence-electron chi connectivity index (χ4n) is 4.02. The second-order valence-corrected chi connectivity index (χ2v) is 7.76. The van der Waals surface area contributed by atoms with Gasteiger partial charge in [0.25, 0.3) is 0 Å². The van der Waals surface area contributed by atoms with E-state index >= 15 is 0 Å². The topological polar surface area (TPSA) is 139 Å². The molecule has 0 aromatic heterocycles. The Morgan fingerprint density at radius 2 is 1.88 bits per heavy atom. The maximum Gasteiger partial charge on any atom is 0.246 e. The first kappa shape index (κ1) is 23.2. The third-order valence-electron chi connectivity index (χ3n) is 5.52. The van der Waals surface area contributed by atoms with Crippen LogP contribution >= 0.6 is 0 Å². The van der Waals surface area contributed by atoms with Crippen molar-refractivity contribution in [1.82, 2.24) is 15.7 Å². The van der Waals surface area contributed by atoms with E-state index in [0.717, 1.165) is 11.1 Å². The van der Waals surface area contributed by atoms with Gasteiger partial charge in [0, 0.05) is 19.4 Å². The van der Waals surface area contributed by atoms with Gasteiger partial charge in [-0.2, -0.15) is 0 Å². The Balaban J connectivity index is 2.01. The Kier molecular flexibility index (Phi) is 7.45. The molecule has 0 bridgehead atoms. The minimum Gasteiger partial charge on any atom is -0.508 e. The molecule has 170 valence electrons. The number of benzene rings is 2. The largest absolute Gasteiger partial charge is 0.508 e. The van der Waals surface area contributed by atoms with Crippen molar-refractivity contribution >= 4 is 17.7 Å². The average molecular weight is 441 g/mol. The zero-order valence-electron chi connectivity index (χ0n) is 17.7. The number of aliphatic hydroxyl groups is 1. The minimum absolute atomic E-state index is 0.0257. The van der Waals surface area contributed by atoms with Gasteiger partial charge in [0.2, 0.25) is 17.7 Å². The van der Waals surface area contributed by atoms with Gasteiger partial charge in [-0.15, -0.1) is 0 Å². The van der Waals surface area contributed by atoms with Gasteiger partial charge in [0.15, 0.2) is 0 Å². The summed E-state index contributed by atoms with van der Waals surface area (Å²) >= 11 is 0. The van der Waals surface area contributed by atoms with Crippen LogP contribution in [0.15, 0.2) is 48.5 Å². The van der Waals surface area contributed by atoms with E-state index in [4.69, 9.17) is 5.21 Å². The molecule has 0 unspecified atom stereocenters. The summed E-state index contributed by atoms with van der Waals surface area (Å²) in [6.07, 6.45) is -0.898. The molecule has 0 spiro atoms. The van der Waals surface area contributed by atoms with Crippen LogP contribution in [0.25, 0.3) is 0 Å². The predicted molar refractivity (Wildman–Crippen MR) is 114 cm³/mol. The molecule has 0 fully saturated rings. The fraction of sp³-hybridized carbons (Fsp3) is 0.348. The molecule has 9 heteroatoms. The first-order chi connectivity index (χ1) is 15.3. The molecule has 3 rings (SSSR count). The van der Waals surface area contributed by atoms with E-state index in [0.29, 0.717) is 12.0 Å². The van der Waals surface area contributed by atoms with Gasteiger partial charge in [-0.25, -0.2) is 5.48 Å². The van der Waals surface area contributed by atoms with Crippen LogP contribution in [-0.2, 0) is 27.3 Å². The van der Waals surface area contributed by atoms with Crippen molar-refractivity contribution in [1.29, 1.82) is 0 Å². The van der Waals surface area contributed by atoms with Crippen LogP contribution < -0.4 is 10.8 Å². The summed E-state index contributed by atoms with van der Waals surface area (Å²) in [5.74, 6) is -1.82. The first-order valence-electron chi connectivity index (χ1n) is 10.4. The number of phenols is 1. The van der Waals surface area contributed by atoms with E-state index in [1.165, 1.54) is 22.5 Å². The number of rotatable bonds is 8. The van der Waals surface area contributed by atoms with Crippen LogP contribution in [-0.4, -0.2) is 50.2 Å². The Hall–Kier alpha value is -3.43. The summed E-state index contributed by atoms with van der Waals surface area (Å²) in [5.41, 5.74) is 3.78. The molecular formula is C23H27N3O6. The van der Waals surface area contributed by atoms with Crippen molar-refractivity contribution in [2.45, 2.75) is 50.9 Å². The Morgan fingerprint density at radius 1 is 1.12 bits per heavy atom. The van der Waals surface area contributed by atoms with Crippen LogP contribution in [0.5, 0.6) is 5.75 Å². The molecule has 3 amide bonds. The summed E-state index contributed by atoms with van der Waals surface area (Å²) in [6, 6.07) is 11.8. The minimum atomic E-state index is -1.24. The van der Waals surface area contributed by atoms with E-state index < -0.39 is 42.3 Å². The molecule has 3 atom stereocenters. The normalized spacial score (nSPS) is 17.8. The summed E-state index contributed by atoms with van der Waals surface area (Å²) in [4.78, 5) is 39.0. The van der Waals surface area contributed by atoms with Gasteiger partial charge in [-0.1, -0.05) is 43.3 Å². The first-order valence-corrected chi connectivity index (χ1v) is 10.4. The number of amides is 3. The van der Waals surface area contributed by atoms with Crippen molar-refractivity contribution in [2.24, 2.45) is 0 Å². The summed E-state index contributed by atoms with van der Waals surface area (Å²) in [5, 5.41) is 32.2. The van der Waals surface area contributed by atoms with Gasteiger partial charge in [0.05, 0.1) is 18.6 Å². The van der Waals surface area contributed by atoms with Gasteiger partial charge in [0.1, 0.15) is 11.8 Å². The molecule has 1 aliphatic rings. The van der Waals surface area contributed by atoms with Crippen molar-refractivity contribution in [3.8, 4) is 5.75 Å². The number of aromatic hydroxyl groups is 1. The lowest BCUT2D eigenvalue weighted by molar-refractivity contribution is -0.144. The number of phenolic OH excluding ortho intramolecular Hbond substituents is 1. The Morgan fingerprint density at radius 3 is 2.56 bits per heavy atom. The van der Waals surface area contributed by atoms with Crippen molar-refractivity contribution in [2.75, 3.05) is 0 Å². The smallest absolute Gasteiger partial charge is 0.246 e. The highest BCUT2D eigenvalue weighted by Gasteiger charge is 2.40. The van der Waals surface area contributed by atoms with Crippen LogP contribution in [0.4, 0.5) is 0 Å². The van der Waals surface area contributed by atoms with E-state index in [2.05, 4.69) is 5.32 Å². The number of carbonyl (C=O) groups excluding carboxylic acids is 3. The molecular weight excluding hydrogens is 414 g/mol. The van der Waals surface area contributed by atoms with Crippen LogP contribution in [0.2, 0.25) is 0 Å². The zero-order chi connectivity index (χ0) is 23.3. The highest BCUT2D eigenvalue weighted by atomic mass is 16.5. The highest BCUT2D eigenvalue weighted by molar-refractivity contribution is 5.92. The summed E-state index contributed by atoms with van der Waals surface area (Å²) < 4.78 is 0. The molecule has 5 N–H and O–H groups in total. The number of nitrogens with zero attached hydrogens (tertiary/aromatic N) is 1. The van der Waals surface area contributed by atoms with Crippen LogP contribution in [0.1, 0.15) is 42.5 Å². The number of fused-ring (bicyclic) bond motifs is 1. The van der Waals surface area contributed by atoms with Crippen molar-refractivity contribution in [3.63, 3.8) is 0 Å². The highest BCUT2D eigenvalue weighted by Crippen LogP contribution is 2.37. The average Bonchev–Trinajstić information content (AvgIpc) is 3.11. The number of hydrogen-bond acceptors (Lipinski definition) is 6. The third kappa shape index (κ3) is 5.24. The number of hydrogen-bond donors (Lipinski definition) is 5. The van der Waals surface area contributed by atoms with E-state index in [9.17, 15) is 24.6 Å². The molecule has 1 aliphatic carbocycles. The standard InChI is InChI=1S/C23H27N3O6/c1-2-20(29)24-18(12-21(30)25-32)23(31)26(13-14-6-5-8-16(27)10-14)22-17-9-4-3-7-15(17)11-19(22)28/h3-10,18-19,22,27-28,32H,2,11-13H2,1H3,(H,24,29)(H,25,30)/t18-,19-,22+/m1/s1. The Labute approximate surface area is 185 Å². The second kappa shape index (κ2) is 10.3. The molecule has 0 saturated heterocycles. The number of hydroxylamine groups is 1. The van der Waals surface area contributed by atoms with Gasteiger partial charge in [-0.3, -0.25) is 19.6 Å². The lowest BCUT2D eigenvalue weighted by Gasteiger charge is -2.35. The maximum atomic E-state index is 13.7. The molecule has 2 aromatic rings. The SMILES string of the molecule is CCC(=O)N[C@H](CC(=O)NO)C(=O)N(Cc1cccc(O)c1)[C@H]1c2ccccc2C[C@H]1O. The molecule has 32 heavy (non-hydrogen) atoms. The monoisotopic (exact) mass is 441 g/mol. The quantitative estimate of drug-likeness (QED) is 0.308. The fourth-order valence-corrected chi connectivity index (χ4v) is 4.02. The van der Waals surface area contributed by atoms with Gasteiger partial charge in [-0.05, 0) is 28.8 Å². The molecule has 0 radical (unpaired) electrons. The van der Waals surface area contributed by atoms with Gasteiger partial charge >= 0.3 is 0 Å². The second-order valence-electron chi connectivity index (χ2n) is 7.76. The summed E-state index contributed by atoms with van der Waals surface area (Å²) in [7, 11) is 0. The number of carbonyl (C=O) groups is 3. The zero-order valence-corrected chi connectivity index (χ0v) is 17.7. The maximum absolute atomic E-state index is 13.7. The third-order valence-corrected chi connectivity index (χ3v) is 5.52. The molecule has 0 heterocycles. The van der Waals surface area contributed by atoms with Crippen LogP contribution in [0, 0.1) is 0 Å². The molecule has 0 saturated carbocycles. The Bertz CT molecular complexity index is 977. The van der Waals surface area contributed by atoms with Crippen molar-refractivity contribution < 1.29 is 29.8 Å².